The largest absolute Gasteiger partial charge is 0.478 e. The number of hydrogen-bond donors (Lipinski definition) is 2. The van der Waals surface area contributed by atoms with Crippen molar-refractivity contribution in [2.24, 2.45) is 0 Å². The van der Waals surface area contributed by atoms with Crippen LogP contribution in [0.2, 0.25) is 0 Å². The molecule has 0 saturated carbocycles. The van der Waals surface area contributed by atoms with Gasteiger partial charge in [0.15, 0.2) is 0 Å². The van der Waals surface area contributed by atoms with Crippen LogP contribution in [0.15, 0.2) is 54.6 Å². The highest BCUT2D eigenvalue weighted by atomic mass is 16.4. The molecule has 3 rings (SSSR count). The van der Waals surface area contributed by atoms with E-state index >= 15 is 0 Å². The van der Waals surface area contributed by atoms with Gasteiger partial charge < -0.3 is 10.2 Å². The molecule has 0 bridgehead atoms. The second kappa shape index (κ2) is 11.6. The van der Waals surface area contributed by atoms with Crippen molar-refractivity contribution in [3.63, 3.8) is 0 Å². The summed E-state index contributed by atoms with van der Waals surface area (Å²) in [5, 5.41) is 20.0. The van der Waals surface area contributed by atoms with Crippen LogP contribution in [0.3, 0.4) is 0 Å². The summed E-state index contributed by atoms with van der Waals surface area (Å²) < 4.78 is 0. The Bertz CT molecular complexity index is 1180. The molecule has 3 aromatic carbocycles. The Kier molecular flexibility index (Phi) is 8.64. The first-order chi connectivity index (χ1) is 16.4. The van der Waals surface area contributed by atoms with Crippen molar-refractivity contribution < 1.29 is 19.8 Å². The number of carbonyl (C=O) groups is 2. The fourth-order valence-electron chi connectivity index (χ4n) is 4.81. The van der Waals surface area contributed by atoms with E-state index in [0.29, 0.717) is 11.1 Å². The molecule has 0 saturated heterocycles. The SMILES string of the molecule is CCCCc1cc(CCC)c(-c2ccccc2C(=O)O)c(-c2ccccc2C(=O)O)c1CCC. The number of rotatable bonds is 11. The highest BCUT2D eigenvalue weighted by Gasteiger charge is 2.25. The Hall–Kier alpha value is -3.40. The summed E-state index contributed by atoms with van der Waals surface area (Å²) in [6, 6.07) is 16.4. The molecule has 0 aliphatic heterocycles. The smallest absolute Gasteiger partial charge is 0.336 e. The lowest BCUT2D eigenvalue weighted by Gasteiger charge is -2.25. The second-order valence-electron chi connectivity index (χ2n) is 8.73. The Labute approximate surface area is 202 Å². The van der Waals surface area contributed by atoms with Crippen LogP contribution in [0, 0.1) is 0 Å². The summed E-state index contributed by atoms with van der Waals surface area (Å²) in [4.78, 5) is 24.5. The van der Waals surface area contributed by atoms with Gasteiger partial charge in [0.1, 0.15) is 0 Å². The first-order valence-electron chi connectivity index (χ1n) is 12.3. The molecule has 0 heterocycles. The zero-order valence-corrected chi connectivity index (χ0v) is 20.4. The predicted molar refractivity (Wildman–Crippen MR) is 138 cm³/mol. The van der Waals surface area contributed by atoms with Crippen molar-refractivity contribution in [1.82, 2.24) is 0 Å². The fourth-order valence-corrected chi connectivity index (χ4v) is 4.81. The van der Waals surface area contributed by atoms with E-state index in [4.69, 9.17) is 0 Å². The van der Waals surface area contributed by atoms with Gasteiger partial charge in [-0.25, -0.2) is 9.59 Å². The molecule has 4 heteroatoms. The van der Waals surface area contributed by atoms with Gasteiger partial charge in [-0.3, -0.25) is 0 Å². The molecule has 0 amide bonds. The molecule has 34 heavy (non-hydrogen) atoms. The van der Waals surface area contributed by atoms with E-state index in [9.17, 15) is 19.8 Å². The van der Waals surface area contributed by atoms with E-state index in [1.54, 1.807) is 24.3 Å². The average Bonchev–Trinajstić information content (AvgIpc) is 2.83. The molecule has 0 aliphatic rings. The number of aromatic carboxylic acids is 2. The summed E-state index contributed by atoms with van der Waals surface area (Å²) >= 11 is 0. The third kappa shape index (κ3) is 5.22. The molecule has 0 aromatic heterocycles. The maximum atomic E-state index is 12.3. The van der Waals surface area contributed by atoms with E-state index in [1.165, 1.54) is 5.56 Å². The van der Waals surface area contributed by atoms with Gasteiger partial charge in [0.2, 0.25) is 0 Å². The predicted octanol–water partition coefficient (Wildman–Crippen LogP) is 7.66. The van der Waals surface area contributed by atoms with Crippen LogP contribution in [-0.4, -0.2) is 22.2 Å². The monoisotopic (exact) mass is 458 g/mol. The van der Waals surface area contributed by atoms with E-state index in [0.717, 1.165) is 67.2 Å². The molecule has 2 N–H and O–H groups in total. The minimum absolute atomic E-state index is 0.234. The van der Waals surface area contributed by atoms with Crippen molar-refractivity contribution >= 4 is 11.9 Å². The van der Waals surface area contributed by atoms with Gasteiger partial charge in [0.05, 0.1) is 11.1 Å². The molecule has 0 spiro atoms. The Morgan fingerprint density at radius 2 is 1.18 bits per heavy atom. The standard InChI is InChI=1S/C30H34O4/c1-4-7-14-20-19-21(12-5-2)27(23-15-8-10-17-25(23)29(31)32)28(22(20)13-6-3)24-16-9-11-18-26(24)30(33)34/h8-11,15-19H,4-7,12-14H2,1-3H3,(H,31,32)(H,33,34). The van der Waals surface area contributed by atoms with E-state index in [-0.39, 0.29) is 11.1 Å². The molecule has 0 radical (unpaired) electrons. The zero-order valence-electron chi connectivity index (χ0n) is 20.4. The third-order valence-corrected chi connectivity index (χ3v) is 6.28. The van der Waals surface area contributed by atoms with Crippen LogP contribution in [0.25, 0.3) is 22.3 Å². The lowest BCUT2D eigenvalue weighted by molar-refractivity contribution is 0.0686. The van der Waals surface area contributed by atoms with Crippen molar-refractivity contribution in [2.45, 2.75) is 65.7 Å². The molecule has 0 atom stereocenters. The molecule has 178 valence electrons. The number of hydrogen-bond acceptors (Lipinski definition) is 2. The van der Waals surface area contributed by atoms with Crippen LogP contribution in [-0.2, 0) is 19.3 Å². The van der Waals surface area contributed by atoms with Crippen LogP contribution in [0.5, 0.6) is 0 Å². The topological polar surface area (TPSA) is 74.6 Å². The average molecular weight is 459 g/mol. The van der Waals surface area contributed by atoms with E-state index < -0.39 is 11.9 Å². The number of unbranched alkanes of at least 4 members (excludes halogenated alkanes) is 1. The summed E-state index contributed by atoms with van der Waals surface area (Å²) in [5.41, 5.74) is 6.98. The van der Waals surface area contributed by atoms with Gasteiger partial charge in [-0.2, -0.15) is 0 Å². The Morgan fingerprint density at radius 3 is 1.68 bits per heavy atom. The Balaban J connectivity index is 2.55. The van der Waals surface area contributed by atoms with Crippen molar-refractivity contribution in [3.8, 4) is 22.3 Å². The lowest BCUT2D eigenvalue weighted by Crippen LogP contribution is -2.09. The van der Waals surface area contributed by atoms with Crippen LogP contribution in [0.1, 0.15) is 83.9 Å². The first-order valence-corrected chi connectivity index (χ1v) is 12.3. The number of aryl methyl sites for hydroxylation is 2. The van der Waals surface area contributed by atoms with Crippen molar-refractivity contribution in [1.29, 1.82) is 0 Å². The van der Waals surface area contributed by atoms with Gasteiger partial charge in [0, 0.05) is 0 Å². The van der Waals surface area contributed by atoms with E-state index in [1.807, 2.05) is 24.3 Å². The summed E-state index contributed by atoms with van der Waals surface area (Å²) in [5.74, 6) is -1.96. The summed E-state index contributed by atoms with van der Waals surface area (Å²) in [6.45, 7) is 6.41. The van der Waals surface area contributed by atoms with Gasteiger partial charge in [-0.05, 0) is 76.8 Å². The minimum atomic E-state index is -0.984. The van der Waals surface area contributed by atoms with Crippen molar-refractivity contribution in [3.05, 3.63) is 82.4 Å². The second-order valence-corrected chi connectivity index (χ2v) is 8.73. The fraction of sp³-hybridized carbons (Fsp3) is 0.333. The molecule has 0 unspecified atom stereocenters. The highest BCUT2D eigenvalue weighted by Crippen LogP contribution is 2.43. The van der Waals surface area contributed by atoms with Crippen LogP contribution < -0.4 is 0 Å². The van der Waals surface area contributed by atoms with Gasteiger partial charge in [-0.15, -0.1) is 0 Å². The van der Waals surface area contributed by atoms with Gasteiger partial charge >= 0.3 is 11.9 Å². The first kappa shape index (κ1) is 25.2. The normalized spacial score (nSPS) is 10.9. The van der Waals surface area contributed by atoms with E-state index in [2.05, 4.69) is 26.8 Å². The van der Waals surface area contributed by atoms with Crippen molar-refractivity contribution in [2.75, 3.05) is 0 Å². The number of carboxylic acid groups (broad SMARTS) is 2. The van der Waals surface area contributed by atoms with Gasteiger partial charge in [-0.1, -0.05) is 82.5 Å². The maximum absolute atomic E-state index is 12.3. The van der Waals surface area contributed by atoms with Crippen LogP contribution in [0.4, 0.5) is 0 Å². The molecule has 0 fully saturated rings. The van der Waals surface area contributed by atoms with Crippen LogP contribution >= 0.6 is 0 Å². The minimum Gasteiger partial charge on any atom is -0.478 e. The number of benzene rings is 3. The molecule has 0 aliphatic carbocycles. The molecule has 4 nitrogen and oxygen atoms in total. The zero-order chi connectivity index (χ0) is 24.7. The quantitative estimate of drug-likeness (QED) is 0.309. The van der Waals surface area contributed by atoms with Gasteiger partial charge in [0.25, 0.3) is 0 Å². The lowest BCUT2D eigenvalue weighted by atomic mass is 9.79. The molecular formula is C30H34O4. The summed E-state index contributed by atoms with van der Waals surface area (Å²) in [7, 11) is 0. The number of carboxylic acids is 2. The molecule has 3 aromatic rings. The highest BCUT2D eigenvalue weighted by molar-refractivity contribution is 6.04. The Morgan fingerprint density at radius 1 is 0.647 bits per heavy atom. The third-order valence-electron chi connectivity index (χ3n) is 6.28. The summed E-state index contributed by atoms with van der Waals surface area (Å²) in [6.07, 6.45) is 6.45. The maximum Gasteiger partial charge on any atom is 0.336 e. The molecular weight excluding hydrogens is 424 g/mol.